The molecular weight excluding hydrogens is 242 g/mol. The summed E-state index contributed by atoms with van der Waals surface area (Å²) in [5, 5.41) is 12.4. The lowest BCUT2D eigenvalue weighted by atomic mass is 9.90. The summed E-state index contributed by atoms with van der Waals surface area (Å²) in [6.45, 7) is 0.667. The summed E-state index contributed by atoms with van der Waals surface area (Å²) in [6.07, 6.45) is 2.16. The van der Waals surface area contributed by atoms with Crippen molar-refractivity contribution in [2.75, 3.05) is 6.61 Å². The van der Waals surface area contributed by atoms with Crippen molar-refractivity contribution in [1.82, 2.24) is 5.32 Å². The van der Waals surface area contributed by atoms with E-state index in [-0.39, 0.29) is 18.2 Å². The maximum atomic E-state index is 9.25. The van der Waals surface area contributed by atoms with Crippen LogP contribution in [0.15, 0.2) is 29.3 Å². The Morgan fingerprint density at radius 2 is 2.16 bits per heavy atom. The van der Waals surface area contributed by atoms with Gasteiger partial charge in [0.25, 0.3) is 0 Å². The Morgan fingerprint density at radius 3 is 2.95 bits per heavy atom. The van der Waals surface area contributed by atoms with Gasteiger partial charge in [-0.2, -0.15) is 0 Å². The molecule has 1 aromatic carbocycles. The molecule has 1 atom stereocenters. The van der Waals surface area contributed by atoms with E-state index in [0.717, 1.165) is 30.6 Å². The summed E-state index contributed by atoms with van der Waals surface area (Å²) in [5.74, 6) is 1.35. The van der Waals surface area contributed by atoms with Crippen LogP contribution in [-0.4, -0.2) is 29.8 Å². The first-order valence-corrected chi connectivity index (χ1v) is 6.72. The van der Waals surface area contributed by atoms with Gasteiger partial charge in [0.05, 0.1) is 18.8 Å². The van der Waals surface area contributed by atoms with Crippen molar-refractivity contribution >= 4 is 5.96 Å². The lowest BCUT2D eigenvalue weighted by Gasteiger charge is -2.32. The molecule has 2 aliphatic rings. The Morgan fingerprint density at radius 1 is 1.37 bits per heavy atom. The van der Waals surface area contributed by atoms with Gasteiger partial charge in [0.1, 0.15) is 5.75 Å². The molecule has 19 heavy (non-hydrogen) atoms. The first-order valence-electron chi connectivity index (χ1n) is 6.72. The molecule has 0 saturated heterocycles. The summed E-state index contributed by atoms with van der Waals surface area (Å²) in [5.41, 5.74) is 7.02. The van der Waals surface area contributed by atoms with Crippen LogP contribution in [0, 0.1) is 0 Å². The summed E-state index contributed by atoms with van der Waals surface area (Å²) in [6, 6.07) is 8.26. The van der Waals surface area contributed by atoms with Crippen LogP contribution < -0.4 is 15.8 Å². The van der Waals surface area contributed by atoms with Crippen LogP contribution in [0.4, 0.5) is 0 Å². The van der Waals surface area contributed by atoms with Crippen molar-refractivity contribution in [1.29, 1.82) is 0 Å². The van der Waals surface area contributed by atoms with E-state index >= 15 is 0 Å². The van der Waals surface area contributed by atoms with Gasteiger partial charge in [-0.25, -0.2) is 4.99 Å². The average molecular weight is 261 g/mol. The lowest BCUT2D eigenvalue weighted by Crippen LogP contribution is -2.49. The van der Waals surface area contributed by atoms with E-state index in [4.69, 9.17) is 10.5 Å². The van der Waals surface area contributed by atoms with E-state index in [9.17, 15) is 5.11 Å². The first kappa shape index (κ1) is 12.3. The average Bonchev–Trinajstić information content (AvgIpc) is 2.37. The molecule has 0 amide bonds. The molecule has 0 bridgehead atoms. The Balaban J connectivity index is 1.69. The highest BCUT2D eigenvalue weighted by molar-refractivity contribution is 5.78. The molecule has 1 saturated carbocycles. The molecule has 1 unspecified atom stereocenters. The number of aliphatic hydroxyl groups is 1. The minimum absolute atomic E-state index is 0.0578. The van der Waals surface area contributed by atoms with Gasteiger partial charge in [0, 0.05) is 18.0 Å². The largest absolute Gasteiger partial charge is 0.493 e. The third-order valence-electron chi connectivity index (χ3n) is 3.69. The standard InChI is InChI=1S/C14H19N3O2/c15-14(16-9-7-10(18)8-9)17-12-5-6-19-13-4-2-1-3-11(12)13/h1-4,9-10,12,18H,5-8H2,(H3,15,16,17). The zero-order valence-electron chi connectivity index (χ0n) is 10.7. The van der Waals surface area contributed by atoms with Gasteiger partial charge >= 0.3 is 0 Å². The fourth-order valence-electron chi connectivity index (χ4n) is 2.58. The second-order valence-corrected chi connectivity index (χ2v) is 5.17. The molecule has 0 radical (unpaired) electrons. The third kappa shape index (κ3) is 2.66. The number of ether oxygens (including phenoxy) is 1. The summed E-state index contributed by atoms with van der Waals surface area (Å²) in [4.78, 5) is 4.55. The molecule has 4 N–H and O–H groups in total. The molecule has 1 fully saturated rings. The van der Waals surface area contributed by atoms with Gasteiger partial charge in [-0.15, -0.1) is 0 Å². The zero-order valence-corrected chi connectivity index (χ0v) is 10.7. The molecule has 0 aromatic heterocycles. The van der Waals surface area contributed by atoms with Crippen molar-refractivity contribution in [3.05, 3.63) is 29.8 Å². The lowest BCUT2D eigenvalue weighted by molar-refractivity contribution is 0.0697. The fraction of sp³-hybridized carbons (Fsp3) is 0.500. The van der Waals surface area contributed by atoms with E-state index in [0.29, 0.717) is 12.6 Å². The number of benzene rings is 1. The Kier molecular flexibility index (Phi) is 3.29. The molecule has 1 aromatic rings. The predicted molar refractivity (Wildman–Crippen MR) is 73.1 cm³/mol. The number of para-hydroxylation sites is 1. The third-order valence-corrected chi connectivity index (χ3v) is 3.69. The van der Waals surface area contributed by atoms with E-state index in [2.05, 4.69) is 10.3 Å². The van der Waals surface area contributed by atoms with Gasteiger partial charge < -0.3 is 20.9 Å². The number of hydrogen-bond donors (Lipinski definition) is 3. The van der Waals surface area contributed by atoms with Crippen LogP contribution in [0.25, 0.3) is 0 Å². The van der Waals surface area contributed by atoms with Crippen molar-refractivity contribution in [3.8, 4) is 5.75 Å². The number of hydrogen-bond acceptors (Lipinski definition) is 3. The van der Waals surface area contributed by atoms with Crippen LogP contribution >= 0.6 is 0 Å². The van der Waals surface area contributed by atoms with Crippen LogP contribution in [0.3, 0.4) is 0 Å². The molecule has 3 rings (SSSR count). The van der Waals surface area contributed by atoms with Crippen LogP contribution in [0.5, 0.6) is 5.75 Å². The van der Waals surface area contributed by atoms with E-state index in [1.54, 1.807) is 0 Å². The van der Waals surface area contributed by atoms with Crippen LogP contribution in [0.1, 0.15) is 30.9 Å². The maximum absolute atomic E-state index is 9.25. The Labute approximate surface area is 112 Å². The van der Waals surface area contributed by atoms with Gasteiger partial charge in [-0.05, 0) is 18.9 Å². The molecule has 1 heterocycles. The number of nitrogens with one attached hydrogen (secondary N) is 1. The van der Waals surface area contributed by atoms with Gasteiger partial charge in [0.15, 0.2) is 5.96 Å². The number of aliphatic imine (C=N–C) groups is 1. The molecule has 1 aliphatic carbocycles. The zero-order chi connectivity index (χ0) is 13.2. The highest BCUT2D eigenvalue weighted by Crippen LogP contribution is 2.34. The SMILES string of the molecule is NC(=NC1CCOc2ccccc21)NC1CC(O)C1. The topological polar surface area (TPSA) is 79.9 Å². The first-order chi connectivity index (χ1) is 9.22. The monoisotopic (exact) mass is 261 g/mol. The minimum Gasteiger partial charge on any atom is -0.493 e. The van der Waals surface area contributed by atoms with E-state index in [1.807, 2.05) is 24.3 Å². The van der Waals surface area contributed by atoms with Gasteiger partial charge in [0.2, 0.25) is 0 Å². The smallest absolute Gasteiger partial charge is 0.189 e. The maximum Gasteiger partial charge on any atom is 0.189 e. The fourth-order valence-corrected chi connectivity index (χ4v) is 2.58. The highest BCUT2D eigenvalue weighted by atomic mass is 16.5. The number of guanidine groups is 1. The van der Waals surface area contributed by atoms with Crippen molar-refractivity contribution < 1.29 is 9.84 Å². The Hall–Kier alpha value is -1.75. The summed E-state index contributed by atoms with van der Waals surface area (Å²) >= 11 is 0. The number of aliphatic hydroxyl groups excluding tert-OH is 1. The van der Waals surface area contributed by atoms with Crippen molar-refractivity contribution in [2.24, 2.45) is 10.7 Å². The van der Waals surface area contributed by atoms with Crippen LogP contribution in [0.2, 0.25) is 0 Å². The number of fused-ring (bicyclic) bond motifs is 1. The molecular formula is C14H19N3O2. The number of nitrogens with two attached hydrogens (primary N) is 1. The van der Waals surface area contributed by atoms with E-state index in [1.165, 1.54) is 0 Å². The molecule has 0 spiro atoms. The van der Waals surface area contributed by atoms with Gasteiger partial charge in [-0.1, -0.05) is 18.2 Å². The van der Waals surface area contributed by atoms with Crippen molar-refractivity contribution in [2.45, 2.75) is 37.5 Å². The molecule has 1 aliphatic heterocycles. The highest BCUT2D eigenvalue weighted by Gasteiger charge is 2.28. The quantitative estimate of drug-likeness (QED) is 0.547. The van der Waals surface area contributed by atoms with Gasteiger partial charge in [-0.3, -0.25) is 0 Å². The number of rotatable bonds is 2. The van der Waals surface area contributed by atoms with Crippen LogP contribution in [-0.2, 0) is 0 Å². The second kappa shape index (κ2) is 5.09. The molecule has 5 nitrogen and oxygen atoms in total. The normalized spacial score (nSPS) is 29.9. The number of nitrogens with zero attached hydrogens (tertiary/aromatic N) is 1. The molecule has 5 heteroatoms. The van der Waals surface area contributed by atoms with E-state index < -0.39 is 0 Å². The Bertz CT molecular complexity index is 483. The summed E-state index contributed by atoms with van der Waals surface area (Å²) in [7, 11) is 0. The summed E-state index contributed by atoms with van der Waals surface area (Å²) < 4.78 is 5.60. The molecule has 102 valence electrons. The van der Waals surface area contributed by atoms with Crippen molar-refractivity contribution in [3.63, 3.8) is 0 Å². The second-order valence-electron chi connectivity index (χ2n) is 5.17. The minimum atomic E-state index is -0.186. The predicted octanol–water partition coefficient (Wildman–Crippen LogP) is 0.938.